The zero-order chi connectivity index (χ0) is 8.97. The Kier molecular flexibility index (Phi) is 4.34. The van der Waals surface area contributed by atoms with E-state index in [4.69, 9.17) is 12.2 Å². The van der Waals surface area contributed by atoms with Crippen LogP contribution in [0.5, 0.6) is 0 Å². The van der Waals surface area contributed by atoms with Gasteiger partial charge in [0.2, 0.25) is 0 Å². The maximum absolute atomic E-state index is 5.84. The van der Waals surface area contributed by atoms with E-state index in [1.807, 2.05) is 23.5 Å². The average Bonchev–Trinajstić information content (AvgIpc) is 2.16. The van der Waals surface area contributed by atoms with Crippen LogP contribution in [0.1, 0.15) is 13.3 Å². The van der Waals surface area contributed by atoms with Crippen molar-refractivity contribution in [1.29, 1.82) is 0 Å². The fraction of sp³-hybridized carbons (Fsp3) is 0.778. The summed E-state index contributed by atoms with van der Waals surface area (Å²) in [6.07, 6.45) is 6.50. The number of rotatable bonds is 2. The topological polar surface area (TPSA) is 26.0 Å². The van der Waals surface area contributed by atoms with E-state index in [1.54, 1.807) is 0 Å². The molecule has 1 rings (SSSR count). The lowest BCUT2D eigenvalue weighted by molar-refractivity contribution is 0.697. The number of hydrogen-bond donors (Lipinski definition) is 1. The van der Waals surface area contributed by atoms with Crippen molar-refractivity contribution < 1.29 is 0 Å². The molecule has 2 N–H and O–H groups in total. The maximum atomic E-state index is 5.84. The third-order valence-corrected chi connectivity index (χ3v) is 5.41. The molecule has 1 aliphatic heterocycles. The molecule has 3 atom stereocenters. The molecule has 1 heterocycles. The molecule has 0 radical (unpaired) electrons. The number of terminal acetylenes is 1. The van der Waals surface area contributed by atoms with Gasteiger partial charge in [-0.25, -0.2) is 0 Å². The van der Waals surface area contributed by atoms with Crippen LogP contribution in [0.25, 0.3) is 0 Å². The van der Waals surface area contributed by atoms with E-state index < -0.39 is 0 Å². The van der Waals surface area contributed by atoms with Gasteiger partial charge in [0.1, 0.15) is 0 Å². The highest BCUT2D eigenvalue weighted by molar-refractivity contribution is 8.07. The Morgan fingerprint density at radius 1 is 1.58 bits per heavy atom. The predicted molar refractivity (Wildman–Crippen MR) is 59.6 cm³/mol. The Labute approximate surface area is 83.2 Å². The van der Waals surface area contributed by atoms with Crippen LogP contribution in [-0.4, -0.2) is 28.0 Å². The van der Waals surface area contributed by atoms with Gasteiger partial charge in [-0.2, -0.15) is 23.5 Å². The predicted octanol–water partition coefficient (Wildman–Crippen LogP) is 1.57. The van der Waals surface area contributed by atoms with Crippen LogP contribution in [-0.2, 0) is 0 Å². The van der Waals surface area contributed by atoms with Crippen molar-refractivity contribution >= 4 is 23.5 Å². The van der Waals surface area contributed by atoms with Crippen molar-refractivity contribution in [2.75, 3.05) is 11.5 Å². The molecular weight excluding hydrogens is 186 g/mol. The molecule has 68 valence electrons. The van der Waals surface area contributed by atoms with Crippen LogP contribution >= 0.6 is 23.5 Å². The molecule has 0 amide bonds. The highest BCUT2D eigenvalue weighted by Gasteiger charge is 2.28. The van der Waals surface area contributed by atoms with E-state index in [9.17, 15) is 0 Å². The summed E-state index contributed by atoms with van der Waals surface area (Å²) in [5, 5.41) is 1.13. The fourth-order valence-electron chi connectivity index (χ4n) is 1.37. The first-order chi connectivity index (χ1) is 5.79. The second-order valence-corrected chi connectivity index (χ2v) is 5.48. The minimum Gasteiger partial charge on any atom is -0.317 e. The van der Waals surface area contributed by atoms with Crippen molar-refractivity contribution in [1.82, 2.24) is 0 Å². The molecule has 1 nitrogen and oxygen atoms in total. The van der Waals surface area contributed by atoms with Gasteiger partial charge in [0.25, 0.3) is 0 Å². The third-order valence-electron chi connectivity index (χ3n) is 2.04. The summed E-state index contributed by atoms with van der Waals surface area (Å²) in [6, 6.07) is -0.0623. The van der Waals surface area contributed by atoms with Gasteiger partial charge in [-0.05, 0) is 6.42 Å². The Morgan fingerprint density at radius 3 is 2.83 bits per heavy atom. The summed E-state index contributed by atoms with van der Waals surface area (Å²) < 4.78 is 0. The minimum atomic E-state index is -0.0623. The average molecular weight is 201 g/mol. The summed E-state index contributed by atoms with van der Waals surface area (Å²) in [5.41, 5.74) is 5.84. The van der Waals surface area contributed by atoms with Crippen LogP contribution in [0, 0.1) is 12.3 Å². The SMILES string of the molecule is C#CC(N)C1SCCSC1CC. The number of hydrogen-bond acceptors (Lipinski definition) is 3. The molecule has 1 aliphatic rings. The van der Waals surface area contributed by atoms with E-state index in [1.165, 1.54) is 17.9 Å². The van der Waals surface area contributed by atoms with Crippen LogP contribution < -0.4 is 5.73 Å². The zero-order valence-electron chi connectivity index (χ0n) is 7.32. The smallest absolute Gasteiger partial charge is 0.0793 e. The molecule has 0 aromatic carbocycles. The molecule has 12 heavy (non-hydrogen) atoms. The van der Waals surface area contributed by atoms with Gasteiger partial charge in [0.05, 0.1) is 6.04 Å². The lowest BCUT2D eigenvalue weighted by Crippen LogP contribution is -2.40. The van der Waals surface area contributed by atoms with Crippen molar-refractivity contribution in [2.24, 2.45) is 5.73 Å². The van der Waals surface area contributed by atoms with Gasteiger partial charge in [-0.1, -0.05) is 12.8 Å². The van der Waals surface area contributed by atoms with E-state index in [0.29, 0.717) is 10.5 Å². The van der Waals surface area contributed by atoms with Gasteiger partial charge in [0, 0.05) is 22.0 Å². The highest BCUT2D eigenvalue weighted by atomic mass is 32.2. The molecular formula is C9H15NS2. The lowest BCUT2D eigenvalue weighted by atomic mass is 10.1. The molecule has 3 unspecified atom stereocenters. The van der Waals surface area contributed by atoms with Gasteiger partial charge in [0.15, 0.2) is 0 Å². The van der Waals surface area contributed by atoms with Crippen LogP contribution in [0.15, 0.2) is 0 Å². The largest absolute Gasteiger partial charge is 0.317 e. The van der Waals surface area contributed by atoms with E-state index >= 15 is 0 Å². The second-order valence-electron chi connectivity index (χ2n) is 2.85. The summed E-state index contributed by atoms with van der Waals surface area (Å²) in [7, 11) is 0. The lowest BCUT2D eigenvalue weighted by Gasteiger charge is -2.31. The third kappa shape index (κ3) is 2.35. The van der Waals surface area contributed by atoms with Crippen LogP contribution in [0.4, 0.5) is 0 Å². The van der Waals surface area contributed by atoms with Gasteiger partial charge < -0.3 is 5.73 Å². The molecule has 0 bridgehead atoms. The van der Waals surface area contributed by atoms with Crippen molar-refractivity contribution in [3.05, 3.63) is 0 Å². The summed E-state index contributed by atoms with van der Waals surface area (Å²) in [6.45, 7) is 2.21. The fourth-order valence-corrected chi connectivity index (χ4v) is 4.47. The van der Waals surface area contributed by atoms with E-state index in [2.05, 4.69) is 12.8 Å². The van der Waals surface area contributed by atoms with Crippen molar-refractivity contribution in [2.45, 2.75) is 29.9 Å². The molecule has 3 heteroatoms. The van der Waals surface area contributed by atoms with Crippen LogP contribution in [0.2, 0.25) is 0 Å². The zero-order valence-corrected chi connectivity index (χ0v) is 8.96. The van der Waals surface area contributed by atoms with Crippen molar-refractivity contribution in [3.8, 4) is 12.3 Å². The monoisotopic (exact) mass is 201 g/mol. The standard InChI is InChI=1S/C9H15NS2/c1-3-7(10)9-8(4-2)11-5-6-12-9/h1,7-9H,4-6,10H2,2H3. The Hall–Kier alpha value is 0.220. The quantitative estimate of drug-likeness (QED) is 0.687. The van der Waals surface area contributed by atoms with Gasteiger partial charge in [-0.15, -0.1) is 6.42 Å². The minimum absolute atomic E-state index is 0.0623. The Bertz CT molecular complexity index is 176. The molecule has 0 aromatic rings. The molecule has 1 saturated heterocycles. The first-order valence-electron chi connectivity index (χ1n) is 4.24. The highest BCUT2D eigenvalue weighted by Crippen LogP contribution is 2.34. The Morgan fingerprint density at radius 2 is 2.25 bits per heavy atom. The van der Waals surface area contributed by atoms with E-state index in [-0.39, 0.29) is 6.04 Å². The maximum Gasteiger partial charge on any atom is 0.0793 e. The summed E-state index contributed by atoms with van der Waals surface area (Å²) in [4.78, 5) is 0. The van der Waals surface area contributed by atoms with Crippen molar-refractivity contribution in [3.63, 3.8) is 0 Å². The molecule has 0 saturated carbocycles. The molecule has 0 aliphatic carbocycles. The van der Waals surface area contributed by atoms with Crippen LogP contribution in [0.3, 0.4) is 0 Å². The number of nitrogens with two attached hydrogens (primary N) is 1. The Balaban J connectivity index is 2.53. The molecule has 0 aromatic heterocycles. The molecule has 1 fully saturated rings. The van der Waals surface area contributed by atoms with Gasteiger partial charge in [-0.3, -0.25) is 0 Å². The summed E-state index contributed by atoms with van der Waals surface area (Å²) in [5.74, 6) is 5.09. The van der Waals surface area contributed by atoms with E-state index in [0.717, 1.165) is 0 Å². The molecule has 0 spiro atoms. The summed E-state index contributed by atoms with van der Waals surface area (Å²) >= 11 is 3.96. The normalized spacial score (nSPS) is 32.4. The number of thioether (sulfide) groups is 2. The van der Waals surface area contributed by atoms with Gasteiger partial charge >= 0.3 is 0 Å². The first kappa shape index (κ1) is 10.3. The second kappa shape index (κ2) is 5.06. The first-order valence-corrected chi connectivity index (χ1v) is 6.34.